The lowest BCUT2D eigenvalue weighted by atomic mass is 10.0. The predicted octanol–water partition coefficient (Wildman–Crippen LogP) is 1.60. The summed E-state index contributed by atoms with van der Waals surface area (Å²) in [4.78, 5) is 16.2. The van der Waals surface area contributed by atoms with Crippen LogP contribution in [0, 0.1) is 6.92 Å². The van der Waals surface area contributed by atoms with Crippen molar-refractivity contribution in [2.45, 2.75) is 32.2 Å². The molecule has 1 aliphatic heterocycles. The highest BCUT2D eigenvalue weighted by atomic mass is 32.2. The summed E-state index contributed by atoms with van der Waals surface area (Å²) in [6.45, 7) is 2.97. The summed E-state index contributed by atoms with van der Waals surface area (Å²) in [5.41, 5.74) is 0. The molecule has 0 saturated carbocycles. The molecule has 0 aliphatic carbocycles. The number of amides is 1. The maximum absolute atomic E-state index is 12.5. The van der Waals surface area contributed by atoms with Crippen molar-refractivity contribution in [3.8, 4) is 0 Å². The average molecular weight is 316 g/mol. The van der Waals surface area contributed by atoms with Gasteiger partial charge in [0.15, 0.2) is 0 Å². The molecule has 1 atom stereocenters. The standard InChI is InChI=1S/C13H20N2O3S2/c1-10-6-7-12(19-10)13(16)15-8-4-3-5-11(15)9-14-20(2,17)18/h6-7,11,14H,3-5,8-9H2,1-2H3. The van der Waals surface area contributed by atoms with Gasteiger partial charge in [0.05, 0.1) is 11.1 Å². The van der Waals surface area contributed by atoms with Gasteiger partial charge in [0, 0.05) is 24.0 Å². The van der Waals surface area contributed by atoms with E-state index in [-0.39, 0.29) is 11.9 Å². The summed E-state index contributed by atoms with van der Waals surface area (Å²) >= 11 is 1.49. The molecular formula is C13H20N2O3S2. The molecule has 1 fully saturated rings. The van der Waals surface area contributed by atoms with Gasteiger partial charge >= 0.3 is 0 Å². The van der Waals surface area contributed by atoms with E-state index in [9.17, 15) is 13.2 Å². The van der Waals surface area contributed by atoms with Crippen molar-refractivity contribution in [3.63, 3.8) is 0 Å². The van der Waals surface area contributed by atoms with Crippen LogP contribution >= 0.6 is 11.3 Å². The fraction of sp³-hybridized carbons (Fsp3) is 0.615. The molecule has 2 heterocycles. The number of thiophene rings is 1. The number of likely N-dealkylation sites (tertiary alicyclic amines) is 1. The zero-order chi connectivity index (χ0) is 14.8. The summed E-state index contributed by atoms with van der Waals surface area (Å²) in [7, 11) is -3.22. The third-order valence-electron chi connectivity index (χ3n) is 3.42. The van der Waals surface area contributed by atoms with Crippen LogP contribution < -0.4 is 4.72 Å². The van der Waals surface area contributed by atoms with Gasteiger partial charge in [0.1, 0.15) is 0 Å². The van der Waals surface area contributed by atoms with Crippen LogP contribution in [-0.4, -0.2) is 44.6 Å². The first-order valence-electron chi connectivity index (χ1n) is 6.69. The normalized spacial score (nSPS) is 20.1. The molecule has 20 heavy (non-hydrogen) atoms. The Kier molecular flexibility index (Phi) is 4.82. The number of aryl methyl sites for hydroxylation is 1. The second-order valence-corrected chi connectivity index (χ2v) is 8.30. The number of carbonyl (C=O) groups is 1. The first-order chi connectivity index (χ1) is 9.37. The van der Waals surface area contributed by atoms with Gasteiger partial charge in [-0.05, 0) is 38.3 Å². The average Bonchev–Trinajstić information content (AvgIpc) is 2.82. The van der Waals surface area contributed by atoms with Gasteiger partial charge in [0.25, 0.3) is 5.91 Å². The Morgan fingerprint density at radius 3 is 2.80 bits per heavy atom. The molecule has 0 spiro atoms. The first kappa shape index (κ1) is 15.5. The highest BCUT2D eigenvalue weighted by Crippen LogP contribution is 2.23. The minimum atomic E-state index is -3.22. The molecule has 5 nitrogen and oxygen atoms in total. The third kappa shape index (κ3) is 4.04. The zero-order valence-electron chi connectivity index (χ0n) is 11.8. The molecule has 1 unspecified atom stereocenters. The van der Waals surface area contributed by atoms with Gasteiger partial charge in [-0.3, -0.25) is 4.79 Å². The van der Waals surface area contributed by atoms with Crippen molar-refractivity contribution in [1.29, 1.82) is 0 Å². The summed E-state index contributed by atoms with van der Waals surface area (Å²) < 4.78 is 24.9. The second kappa shape index (κ2) is 6.24. The maximum Gasteiger partial charge on any atom is 0.264 e. The first-order valence-corrected chi connectivity index (χ1v) is 9.39. The maximum atomic E-state index is 12.5. The Morgan fingerprint density at radius 2 is 2.20 bits per heavy atom. The number of nitrogens with one attached hydrogen (secondary N) is 1. The van der Waals surface area contributed by atoms with E-state index in [1.807, 2.05) is 24.0 Å². The number of sulfonamides is 1. The van der Waals surface area contributed by atoms with Crippen LogP contribution in [0.4, 0.5) is 0 Å². The molecule has 1 N–H and O–H groups in total. The molecule has 2 rings (SSSR count). The van der Waals surface area contributed by atoms with Crippen LogP contribution in [0.15, 0.2) is 12.1 Å². The molecule has 1 aromatic rings. The van der Waals surface area contributed by atoms with Crippen LogP contribution in [0.2, 0.25) is 0 Å². The molecule has 1 aromatic heterocycles. The predicted molar refractivity (Wildman–Crippen MR) is 80.6 cm³/mol. The zero-order valence-corrected chi connectivity index (χ0v) is 13.4. The highest BCUT2D eigenvalue weighted by molar-refractivity contribution is 7.88. The Hall–Kier alpha value is -0.920. The van der Waals surface area contributed by atoms with E-state index in [0.717, 1.165) is 35.3 Å². The fourth-order valence-corrected chi connectivity index (χ4v) is 3.74. The van der Waals surface area contributed by atoms with Crippen LogP contribution in [0.5, 0.6) is 0 Å². The summed E-state index contributed by atoms with van der Waals surface area (Å²) in [5, 5.41) is 0. The second-order valence-electron chi connectivity index (χ2n) is 5.18. The molecule has 112 valence electrons. The number of piperidine rings is 1. The SMILES string of the molecule is Cc1ccc(C(=O)N2CCCCC2CNS(C)(=O)=O)s1. The lowest BCUT2D eigenvalue weighted by Crippen LogP contribution is -2.49. The smallest absolute Gasteiger partial charge is 0.264 e. The van der Waals surface area contributed by atoms with E-state index in [1.54, 1.807) is 0 Å². The quantitative estimate of drug-likeness (QED) is 0.917. The van der Waals surface area contributed by atoms with Gasteiger partial charge in [-0.25, -0.2) is 13.1 Å². The van der Waals surface area contributed by atoms with E-state index in [2.05, 4.69) is 4.72 Å². The summed E-state index contributed by atoms with van der Waals surface area (Å²) in [6, 6.07) is 3.73. The highest BCUT2D eigenvalue weighted by Gasteiger charge is 2.28. The molecule has 0 radical (unpaired) electrons. The van der Waals surface area contributed by atoms with Crippen molar-refractivity contribution in [2.24, 2.45) is 0 Å². The molecule has 7 heteroatoms. The number of hydrogen-bond acceptors (Lipinski definition) is 4. The number of nitrogens with zero attached hydrogens (tertiary/aromatic N) is 1. The Labute approximate surface area is 124 Å². The van der Waals surface area contributed by atoms with Crippen molar-refractivity contribution in [1.82, 2.24) is 9.62 Å². The lowest BCUT2D eigenvalue weighted by molar-refractivity contribution is 0.0624. The van der Waals surface area contributed by atoms with Crippen LogP contribution in [0.3, 0.4) is 0 Å². The molecule has 0 bridgehead atoms. The Morgan fingerprint density at radius 1 is 1.45 bits per heavy atom. The molecule has 1 aliphatic rings. The monoisotopic (exact) mass is 316 g/mol. The van der Waals surface area contributed by atoms with Crippen molar-refractivity contribution in [3.05, 3.63) is 21.9 Å². The topological polar surface area (TPSA) is 66.5 Å². The molecule has 0 aromatic carbocycles. The third-order valence-corrected chi connectivity index (χ3v) is 5.10. The number of rotatable bonds is 4. The van der Waals surface area contributed by atoms with Crippen LogP contribution in [0.25, 0.3) is 0 Å². The Balaban J connectivity index is 2.08. The van der Waals surface area contributed by atoms with Gasteiger partial charge in [-0.15, -0.1) is 11.3 Å². The minimum Gasteiger partial charge on any atom is -0.334 e. The van der Waals surface area contributed by atoms with E-state index >= 15 is 0 Å². The molecule has 1 amide bonds. The van der Waals surface area contributed by atoms with E-state index in [1.165, 1.54) is 11.3 Å². The van der Waals surface area contributed by atoms with E-state index in [4.69, 9.17) is 0 Å². The van der Waals surface area contributed by atoms with Crippen molar-refractivity contribution < 1.29 is 13.2 Å². The Bertz CT molecular complexity index is 580. The number of hydrogen-bond donors (Lipinski definition) is 1. The van der Waals surface area contributed by atoms with Crippen LogP contribution in [-0.2, 0) is 10.0 Å². The summed E-state index contributed by atoms with van der Waals surface area (Å²) in [6.07, 6.45) is 4.00. The summed E-state index contributed by atoms with van der Waals surface area (Å²) in [5.74, 6) is 0.0168. The van der Waals surface area contributed by atoms with Gasteiger partial charge in [0.2, 0.25) is 10.0 Å². The molecular weight excluding hydrogens is 296 g/mol. The van der Waals surface area contributed by atoms with Crippen molar-refractivity contribution in [2.75, 3.05) is 19.3 Å². The van der Waals surface area contributed by atoms with Crippen LogP contribution in [0.1, 0.15) is 33.8 Å². The number of carbonyl (C=O) groups excluding carboxylic acids is 1. The van der Waals surface area contributed by atoms with Gasteiger partial charge in [-0.2, -0.15) is 0 Å². The van der Waals surface area contributed by atoms with Crippen molar-refractivity contribution >= 4 is 27.3 Å². The van der Waals surface area contributed by atoms with Gasteiger partial charge in [-0.1, -0.05) is 0 Å². The van der Waals surface area contributed by atoms with Gasteiger partial charge < -0.3 is 4.90 Å². The van der Waals surface area contributed by atoms with E-state index < -0.39 is 10.0 Å². The fourth-order valence-electron chi connectivity index (χ4n) is 2.42. The molecule has 1 saturated heterocycles. The largest absolute Gasteiger partial charge is 0.334 e. The minimum absolute atomic E-state index is 0.0168. The van der Waals surface area contributed by atoms with E-state index in [0.29, 0.717) is 13.1 Å². The lowest BCUT2D eigenvalue weighted by Gasteiger charge is -2.35.